The molecule has 1 aromatic carbocycles. The summed E-state index contributed by atoms with van der Waals surface area (Å²) in [6, 6.07) is 5.47. The molecule has 0 amide bonds. The average Bonchev–Trinajstić information content (AvgIpc) is 1.85. The molecule has 1 aromatic rings. The van der Waals surface area contributed by atoms with Gasteiger partial charge in [-0.05, 0) is 31.1 Å². The Morgan fingerprint density at radius 3 is 2.45 bits per heavy atom. The first kappa shape index (κ1) is 7.86. The predicted molar refractivity (Wildman–Crippen MR) is 47.6 cm³/mol. The van der Waals surface area contributed by atoms with Gasteiger partial charge in [-0.15, -0.1) is 0 Å². The zero-order valence-electron chi connectivity index (χ0n) is 6.89. The minimum absolute atomic E-state index is 0.317. The first-order valence-corrected chi connectivity index (χ1v) is 3.57. The van der Waals surface area contributed by atoms with Crippen LogP contribution in [0.5, 0.6) is 5.75 Å². The summed E-state index contributed by atoms with van der Waals surface area (Å²) in [7, 11) is 0. The number of phenols is 1. The Hall–Kier alpha value is -1.24. The van der Waals surface area contributed by atoms with Gasteiger partial charge in [0, 0.05) is 5.56 Å². The molecule has 0 spiro atoms. The molecule has 0 heterocycles. The van der Waals surface area contributed by atoms with Gasteiger partial charge in [0.25, 0.3) is 0 Å². The van der Waals surface area contributed by atoms with Crippen LogP contribution in [-0.4, -0.2) is 5.11 Å². The van der Waals surface area contributed by atoms with E-state index >= 15 is 0 Å². The van der Waals surface area contributed by atoms with Crippen LogP contribution in [0.4, 0.5) is 0 Å². The van der Waals surface area contributed by atoms with E-state index < -0.39 is 0 Å². The fourth-order valence-corrected chi connectivity index (χ4v) is 1.21. The van der Waals surface area contributed by atoms with E-state index in [0.29, 0.717) is 5.75 Å². The van der Waals surface area contributed by atoms with Gasteiger partial charge in [-0.2, -0.15) is 0 Å². The molecule has 58 valence electrons. The van der Waals surface area contributed by atoms with Crippen LogP contribution in [0.25, 0.3) is 5.57 Å². The molecular weight excluding hydrogens is 136 g/mol. The SMILES string of the molecule is C=C(C)c1c(C)cccc1O. The number of hydrogen-bond donors (Lipinski definition) is 1. The summed E-state index contributed by atoms with van der Waals surface area (Å²) in [5.41, 5.74) is 2.84. The highest BCUT2D eigenvalue weighted by Crippen LogP contribution is 2.26. The van der Waals surface area contributed by atoms with Crippen molar-refractivity contribution in [2.24, 2.45) is 0 Å². The van der Waals surface area contributed by atoms with Crippen molar-refractivity contribution < 1.29 is 5.11 Å². The molecule has 0 aliphatic rings. The lowest BCUT2D eigenvalue weighted by Gasteiger charge is -2.06. The average molecular weight is 148 g/mol. The molecule has 1 N–H and O–H groups in total. The lowest BCUT2D eigenvalue weighted by atomic mass is 10.0. The molecule has 0 saturated carbocycles. The van der Waals surface area contributed by atoms with Crippen molar-refractivity contribution in [3.63, 3.8) is 0 Å². The quantitative estimate of drug-likeness (QED) is 0.649. The lowest BCUT2D eigenvalue weighted by Crippen LogP contribution is -1.84. The number of rotatable bonds is 1. The maximum absolute atomic E-state index is 9.40. The van der Waals surface area contributed by atoms with Crippen LogP contribution in [0.2, 0.25) is 0 Å². The van der Waals surface area contributed by atoms with E-state index in [0.717, 1.165) is 16.7 Å². The Bertz CT molecular complexity index is 267. The summed E-state index contributed by atoms with van der Waals surface area (Å²) < 4.78 is 0. The Morgan fingerprint density at radius 2 is 2.09 bits per heavy atom. The second-order valence-electron chi connectivity index (χ2n) is 2.75. The minimum Gasteiger partial charge on any atom is -0.507 e. The van der Waals surface area contributed by atoms with Gasteiger partial charge in [0.05, 0.1) is 0 Å². The topological polar surface area (TPSA) is 20.2 Å². The molecule has 0 saturated heterocycles. The third-order valence-electron chi connectivity index (χ3n) is 1.68. The highest BCUT2D eigenvalue weighted by Gasteiger charge is 2.02. The first-order valence-electron chi connectivity index (χ1n) is 3.57. The van der Waals surface area contributed by atoms with E-state index in [4.69, 9.17) is 0 Å². The van der Waals surface area contributed by atoms with Crippen molar-refractivity contribution in [3.05, 3.63) is 35.9 Å². The summed E-state index contributed by atoms with van der Waals surface area (Å²) >= 11 is 0. The fourth-order valence-electron chi connectivity index (χ4n) is 1.21. The highest BCUT2D eigenvalue weighted by molar-refractivity contribution is 5.69. The highest BCUT2D eigenvalue weighted by atomic mass is 16.3. The van der Waals surface area contributed by atoms with Crippen LogP contribution < -0.4 is 0 Å². The third kappa shape index (κ3) is 1.43. The van der Waals surface area contributed by atoms with Crippen molar-refractivity contribution in [1.29, 1.82) is 0 Å². The van der Waals surface area contributed by atoms with Crippen LogP contribution in [0.1, 0.15) is 18.1 Å². The molecule has 0 bridgehead atoms. The van der Waals surface area contributed by atoms with Crippen molar-refractivity contribution in [2.75, 3.05) is 0 Å². The zero-order chi connectivity index (χ0) is 8.43. The lowest BCUT2D eigenvalue weighted by molar-refractivity contribution is 0.473. The van der Waals surface area contributed by atoms with Crippen LogP contribution in [0.3, 0.4) is 0 Å². The second-order valence-corrected chi connectivity index (χ2v) is 2.75. The molecular formula is C10H12O. The first-order chi connectivity index (χ1) is 5.13. The standard InChI is InChI=1S/C10H12O/c1-7(2)10-8(3)5-4-6-9(10)11/h4-6,11H,1H2,2-3H3. The minimum atomic E-state index is 0.317. The molecule has 0 radical (unpaired) electrons. The van der Waals surface area contributed by atoms with Gasteiger partial charge >= 0.3 is 0 Å². The largest absolute Gasteiger partial charge is 0.507 e. The van der Waals surface area contributed by atoms with Gasteiger partial charge in [0.1, 0.15) is 5.75 Å². The van der Waals surface area contributed by atoms with Gasteiger partial charge in [0.15, 0.2) is 0 Å². The van der Waals surface area contributed by atoms with Crippen LogP contribution in [0.15, 0.2) is 24.8 Å². The Kier molecular flexibility index (Phi) is 1.99. The van der Waals surface area contributed by atoms with Gasteiger partial charge in [-0.3, -0.25) is 0 Å². The maximum atomic E-state index is 9.40. The zero-order valence-corrected chi connectivity index (χ0v) is 6.89. The van der Waals surface area contributed by atoms with Crippen LogP contribution >= 0.6 is 0 Å². The monoisotopic (exact) mass is 148 g/mol. The normalized spacial score (nSPS) is 9.64. The summed E-state index contributed by atoms with van der Waals surface area (Å²) in [5.74, 6) is 0.317. The Balaban J connectivity index is 3.32. The van der Waals surface area contributed by atoms with Gasteiger partial charge in [-0.1, -0.05) is 18.7 Å². The smallest absolute Gasteiger partial charge is 0.123 e. The van der Waals surface area contributed by atoms with Gasteiger partial charge in [-0.25, -0.2) is 0 Å². The molecule has 11 heavy (non-hydrogen) atoms. The summed E-state index contributed by atoms with van der Waals surface area (Å²) in [6.45, 7) is 7.64. The Labute approximate surface area is 67.0 Å². The number of aryl methyl sites for hydroxylation is 1. The molecule has 0 fully saturated rings. The number of phenolic OH excluding ortho intramolecular Hbond substituents is 1. The molecule has 0 aromatic heterocycles. The molecule has 0 aliphatic carbocycles. The van der Waals surface area contributed by atoms with E-state index in [2.05, 4.69) is 6.58 Å². The summed E-state index contributed by atoms with van der Waals surface area (Å²) in [5, 5.41) is 9.40. The van der Waals surface area contributed by atoms with Gasteiger partial charge in [0.2, 0.25) is 0 Å². The Morgan fingerprint density at radius 1 is 1.45 bits per heavy atom. The van der Waals surface area contributed by atoms with Gasteiger partial charge < -0.3 is 5.11 Å². The summed E-state index contributed by atoms with van der Waals surface area (Å²) in [4.78, 5) is 0. The van der Waals surface area contributed by atoms with E-state index in [9.17, 15) is 5.11 Å². The van der Waals surface area contributed by atoms with Crippen molar-refractivity contribution in [3.8, 4) is 5.75 Å². The molecule has 1 rings (SSSR count). The number of benzene rings is 1. The molecule has 0 aliphatic heterocycles. The van der Waals surface area contributed by atoms with E-state index in [1.807, 2.05) is 26.0 Å². The van der Waals surface area contributed by atoms with E-state index in [1.54, 1.807) is 6.07 Å². The fraction of sp³-hybridized carbons (Fsp3) is 0.200. The van der Waals surface area contributed by atoms with E-state index in [1.165, 1.54) is 0 Å². The van der Waals surface area contributed by atoms with Crippen molar-refractivity contribution in [1.82, 2.24) is 0 Å². The number of hydrogen-bond acceptors (Lipinski definition) is 1. The number of aromatic hydroxyl groups is 1. The predicted octanol–water partition coefficient (Wildman–Crippen LogP) is 2.73. The summed E-state index contributed by atoms with van der Waals surface area (Å²) in [6.07, 6.45) is 0. The molecule has 0 unspecified atom stereocenters. The second kappa shape index (κ2) is 2.79. The molecule has 1 heteroatoms. The van der Waals surface area contributed by atoms with Crippen molar-refractivity contribution >= 4 is 5.57 Å². The van der Waals surface area contributed by atoms with Crippen LogP contribution in [0, 0.1) is 6.92 Å². The van der Waals surface area contributed by atoms with E-state index in [-0.39, 0.29) is 0 Å². The van der Waals surface area contributed by atoms with Crippen molar-refractivity contribution in [2.45, 2.75) is 13.8 Å². The number of allylic oxidation sites excluding steroid dienone is 1. The molecule has 1 nitrogen and oxygen atoms in total. The molecule has 0 atom stereocenters. The van der Waals surface area contributed by atoms with Crippen LogP contribution in [-0.2, 0) is 0 Å². The maximum Gasteiger partial charge on any atom is 0.123 e. The third-order valence-corrected chi connectivity index (χ3v) is 1.68.